The zero-order valence-corrected chi connectivity index (χ0v) is 8.20. The smallest absolute Gasteiger partial charge is 0.360 e. The van der Waals surface area contributed by atoms with Gasteiger partial charge in [-0.25, -0.2) is 14.8 Å². The number of hydrogen-bond donors (Lipinski definition) is 1. The monoisotopic (exact) mass is 197 g/mol. The topological polar surface area (TPSA) is 87.3 Å². The molecule has 1 aromatic heterocycles. The van der Waals surface area contributed by atoms with Crippen molar-refractivity contribution in [2.45, 2.75) is 6.92 Å². The van der Waals surface area contributed by atoms with Gasteiger partial charge in [0.2, 0.25) is 0 Å². The van der Waals surface area contributed by atoms with Crippen LogP contribution in [-0.4, -0.2) is 30.2 Å². The summed E-state index contributed by atoms with van der Waals surface area (Å²) in [6.45, 7) is 1.63. The highest BCUT2D eigenvalue weighted by molar-refractivity contribution is 5.91. The minimum atomic E-state index is -0.598. The summed E-state index contributed by atoms with van der Waals surface area (Å²) in [5, 5.41) is 0. The number of aryl methyl sites for hydroxylation is 1. The van der Waals surface area contributed by atoms with Crippen LogP contribution in [0, 0.1) is 6.92 Å². The van der Waals surface area contributed by atoms with Crippen LogP contribution in [0.3, 0.4) is 0 Å². The minimum Gasteiger partial charge on any atom is -0.491 e. The lowest BCUT2D eigenvalue weighted by Gasteiger charge is -2.08. The molecule has 0 bridgehead atoms. The molecule has 14 heavy (non-hydrogen) atoms. The summed E-state index contributed by atoms with van der Waals surface area (Å²) in [7, 11) is 2.65. The Kier molecular flexibility index (Phi) is 2.85. The second-order valence-electron chi connectivity index (χ2n) is 2.53. The van der Waals surface area contributed by atoms with Crippen LogP contribution >= 0.6 is 0 Å². The van der Waals surface area contributed by atoms with E-state index in [-0.39, 0.29) is 17.3 Å². The van der Waals surface area contributed by atoms with Crippen molar-refractivity contribution in [3.8, 4) is 5.75 Å². The number of anilines is 1. The van der Waals surface area contributed by atoms with Gasteiger partial charge in [0.25, 0.3) is 0 Å². The Bertz CT molecular complexity index is 365. The predicted molar refractivity (Wildman–Crippen MR) is 49.1 cm³/mol. The molecule has 0 aliphatic carbocycles. The lowest BCUT2D eigenvalue weighted by Crippen LogP contribution is -2.11. The van der Waals surface area contributed by atoms with Gasteiger partial charge in [0.1, 0.15) is 5.82 Å². The van der Waals surface area contributed by atoms with Gasteiger partial charge in [-0.2, -0.15) is 0 Å². The first kappa shape index (κ1) is 10.2. The highest BCUT2D eigenvalue weighted by Crippen LogP contribution is 2.23. The van der Waals surface area contributed by atoms with Gasteiger partial charge in [-0.05, 0) is 6.92 Å². The summed E-state index contributed by atoms with van der Waals surface area (Å²) in [5.74, 6) is 0.0607. The Morgan fingerprint density at radius 3 is 2.50 bits per heavy atom. The van der Waals surface area contributed by atoms with Crippen LogP contribution in [0.25, 0.3) is 0 Å². The molecule has 76 valence electrons. The molecular weight excluding hydrogens is 186 g/mol. The molecule has 0 saturated carbocycles. The van der Waals surface area contributed by atoms with Crippen LogP contribution in [0.4, 0.5) is 5.82 Å². The lowest BCUT2D eigenvalue weighted by atomic mass is 10.3. The number of hydrogen-bond acceptors (Lipinski definition) is 6. The Hall–Kier alpha value is -1.85. The Morgan fingerprint density at radius 2 is 2.00 bits per heavy atom. The van der Waals surface area contributed by atoms with E-state index in [0.717, 1.165) is 0 Å². The first-order valence-corrected chi connectivity index (χ1v) is 3.86. The van der Waals surface area contributed by atoms with E-state index in [1.807, 2.05) is 0 Å². The number of nitrogen functional groups attached to an aromatic ring is 1. The van der Waals surface area contributed by atoms with Gasteiger partial charge in [0, 0.05) is 0 Å². The average Bonchev–Trinajstić information content (AvgIpc) is 2.15. The number of aromatic nitrogens is 2. The van der Waals surface area contributed by atoms with Crippen molar-refractivity contribution < 1.29 is 14.3 Å². The van der Waals surface area contributed by atoms with Crippen molar-refractivity contribution in [3.05, 3.63) is 11.5 Å². The molecule has 1 rings (SSSR count). The number of nitrogens with zero attached hydrogens (tertiary/aromatic N) is 2. The number of carbonyl (C=O) groups is 1. The summed E-state index contributed by atoms with van der Waals surface area (Å²) >= 11 is 0. The zero-order valence-electron chi connectivity index (χ0n) is 8.20. The summed E-state index contributed by atoms with van der Waals surface area (Å²) in [5.41, 5.74) is 5.58. The standard InChI is InChI=1S/C8H11N3O3/c1-4-10-5(8(12)14-3)6(13-2)7(9)11-4/h1-3H3,(H2,9,10,11). The van der Waals surface area contributed by atoms with Gasteiger partial charge < -0.3 is 15.2 Å². The third kappa shape index (κ3) is 1.73. The molecule has 0 amide bonds. The molecule has 0 fully saturated rings. The van der Waals surface area contributed by atoms with E-state index in [9.17, 15) is 4.79 Å². The fourth-order valence-corrected chi connectivity index (χ4v) is 1.02. The predicted octanol–water partition coefficient (Wildman–Crippen LogP) is 0.162. The van der Waals surface area contributed by atoms with Crippen LogP contribution in [0.5, 0.6) is 5.75 Å². The molecule has 0 radical (unpaired) electrons. The zero-order chi connectivity index (χ0) is 10.7. The Morgan fingerprint density at radius 1 is 1.36 bits per heavy atom. The van der Waals surface area contributed by atoms with E-state index in [4.69, 9.17) is 10.5 Å². The van der Waals surface area contributed by atoms with E-state index >= 15 is 0 Å². The van der Waals surface area contributed by atoms with E-state index in [2.05, 4.69) is 14.7 Å². The summed E-state index contributed by atoms with van der Waals surface area (Å²) in [6.07, 6.45) is 0. The molecule has 1 heterocycles. The number of carbonyl (C=O) groups excluding carboxylic acids is 1. The first-order chi connectivity index (χ1) is 6.60. The third-order valence-corrected chi connectivity index (χ3v) is 1.59. The molecule has 0 aromatic carbocycles. The van der Waals surface area contributed by atoms with E-state index in [0.29, 0.717) is 5.82 Å². The fraction of sp³-hybridized carbons (Fsp3) is 0.375. The average molecular weight is 197 g/mol. The number of ether oxygens (including phenoxy) is 2. The van der Waals surface area contributed by atoms with Crippen LogP contribution in [0.1, 0.15) is 16.3 Å². The van der Waals surface area contributed by atoms with Crippen molar-refractivity contribution in [1.29, 1.82) is 0 Å². The van der Waals surface area contributed by atoms with Crippen molar-refractivity contribution in [2.24, 2.45) is 0 Å². The van der Waals surface area contributed by atoms with Crippen molar-refractivity contribution >= 4 is 11.8 Å². The lowest BCUT2D eigenvalue weighted by molar-refractivity contribution is 0.0589. The Balaban J connectivity index is 3.32. The van der Waals surface area contributed by atoms with E-state index < -0.39 is 5.97 Å². The minimum absolute atomic E-state index is 0.0417. The third-order valence-electron chi connectivity index (χ3n) is 1.59. The SMILES string of the molecule is COC(=O)c1nc(C)nc(N)c1OC. The van der Waals surface area contributed by atoms with Gasteiger partial charge >= 0.3 is 5.97 Å². The quantitative estimate of drug-likeness (QED) is 0.679. The molecule has 6 heteroatoms. The number of rotatable bonds is 2. The van der Waals surface area contributed by atoms with Crippen LogP contribution in [0.15, 0.2) is 0 Å². The van der Waals surface area contributed by atoms with Crippen LogP contribution in [-0.2, 0) is 4.74 Å². The highest BCUT2D eigenvalue weighted by Gasteiger charge is 2.18. The first-order valence-electron chi connectivity index (χ1n) is 3.86. The maximum Gasteiger partial charge on any atom is 0.360 e. The second kappa shape index (κ2) is 3.91. The molecule has 2 N–H and O–H groups in total. The maximum absolute atomic E-state index is 11.2. The fourth-order valence-electron chi connectivity index (χ4n) is 1.02. The summed E-state index contributed by atoms with van der Waals surface area (Å²) < 4.78 is 9.43. The molecule has 6 nitrogen and oxygen atoms in total. The summed E-state index contributed by atoms with van der Waals surface area (Å²) in [6, 6.07) is 0. The molecule has 1 aromatic rings. The van der Waals surface area contributed by atoms with E-state index in [1.165, 1.54) is 14.2 Å². The van der Waals surface area contributed by atoms with Gasteiger partial charge in [-0.1, -0.05) is 0 Å². The van der Waals surface area contributed by atoms with Gasteiger partial charge in [0.15, 0.2) is 17.3 Å². The highest BCUT2D eigenvalue weighted by atomic mass is 16.5. The van der Waals surface area contributed by atoms with Crippen LogP contribution in [0.2, 0.25) is 0 Å². The molecule has 0 saturated heterocycles. The van der Waals surface area contributed by atoms with Crippen LogP contribution < -0.4 is 10.5 Å². The Labute approximate surface area is 81.1 Å². The maximum atomic E-state index is 11.2. The van der Waals surface area contributed by atoms with Crippen molar-refractivity contribution in [3.63, 3.8) is 0 Å². The molecular formula is C8H11N3O3. The van der Waals surface area contributed by atoms with Gasteiger partial charge in [-0.15, -0.1) is 0 Å². The number of nitrogens with two attached hydrogens (primary N) is 1. The molecule has 0 atom stereocenters. The van der Waals surface area contributed by atoms with E-state index in [1.54, 1.807) is 6.92 Å². The largest absolute Gasteiger partial charge is 0.491 e. The molecule has 0 aliphatic heterocycles. The number of methoxy groups -OCH3 is 2. The van der Waals surface area contributed by atoms with Gasteiger partial charge in [-0.3, -0.25) is 0 Å². The second-order valence-corrected chi connectivity index (χ2v) is 2.53. The summed E-state index contributed by atoms with van der Waals surface area (Å²) in [4.78, 5) is 19.0. The normalized spacial score (nSPS) is 9.64. The van der Waals surface area contributed by atoms with Crippen molar-refractivity contribution in [2.75, 3.05) is 20.0 Å². The molecule has 0 aliphatic rings. The molecule has 0 unspecified atom stereocenters. The molecule has 0 spiro atoms. The van der Waals surface area contributed by atoms with Gasteiger partial charge in [0.05, 0.1) is 14.2 Å². The van der Waals surface area contributed by atoms with Crippen molar-refractivity contribution in [1.82, 2.24) is 9.97 Å². The number of esters is 1.